The molecule has 0 bridgehead atoms. The molecule has 3 heteroatoms. The Kier molecular flexibility index (Phi) is 3.86. The van der Waals surface area contributed by atoms with Gasteiger partial charge in [0.25, 0.3) is 0 Å². The Bertz CT molecular complexity index is 363. The van der Waals surface area contributed by atoms with Crippen LogP contribution in [-0.4, -0.2) is 24.2 Å². The lowest BCUT2D eigenvalue weighted by molar-refractivity contribution is 0.641. The van der Waals surface area contributed by atoms with E-state index in [-0.39, 0.29) is 0 Å². The molecule has 0 aliphatic carbocycles. The first-order valence-corrected chi connectivity index (χ1v) is 16.8. The van der Waals surface area contributed by atoms with Crippen LogP contribution in [0.25, 0.3) is 0 Å². The standard InChI is InChI=1S/C16H36Si3/c1-15(2,3)19(16(4,5)6)13(17(7,8)9)14(19)18(10,11)12/h1-12H3. The first-order chi connectivity index (χ1) is 7.99. The Hall–Kier alpha value is 0.391. The van der Waals surface area contributed by atoms with Gasteiger partial charge in [-0.2, -0.15) is 0 Å². The summed E-state index contributed by atoms with van der Waals surface area (Å²) in [5.41, 5.74) is 0. The number of rotatable bonds is 2. The van der Waals surface area contributed by atoms with E-state index in [1.807, 2.05) is 0 Å². The second-order valence-electron chi connectivity index (χ2n) is 10.5. The highest BCUT2D eigenvalue weighted by atomic mass is 28.4. The molecule has 1 aliphatic heterocycles. The number of hydrogen-bond donors (Lipinski definition) is 0. The largest absolute Gasteiger partial charge is 0.110 e. The normalized spacial score (nSPS) is 20.8. The summed E-state index contributed by atoms with van der Waals surface area (Å²) < 4.78 is 0. The maximum absolute atomic E-state index is 2.58. The van der Waals surface area contributed by atoms with Crippen molar-refractivity contribution in [3.63, 3.8) is 0 Å². The molecule has 0 saturated carbocycles. The molecule has 0 spiro atoms. The molecule has 0 fully saturated rings. The van der Waals surface area contributed by atoms with E-state index in [1.54, 1.807) is 0 Å². The van der Waals surface area contributed by atoms with Gasteiger partial charge in [0.2, 0.25) is 0 Å². The van der Waals surface area contributed by atoms with Crippen molar-refractivity contribution in [1.29, 1.82) is 0 Å². The zero-order valence-corrected chi connectivity index (χ0v) is 18.5. The van der Waals surface area contributed by atoms with Crippen LogP contribution in [-0.2, 0) is 0 Å². The van der Waals surface area contributed by atoms with Gasteiger partial charge < -0.3 is 0 Å². The molecular formula is C16H36Si3. The van der Waals surface area contributed by atoms with Crippen molar-refractivity contribution in [2.45, 2.75) is 90.9 Å². The zero-order valence-electron chi connectivity index (χ0n) is 15.5. The molecule has 112 valence electrons. The van der Waals surface area contributed by atoms with Crippen LogP contribution in [0, 0.1) is 0 Å². The van der Waals surface area contributed by atoms with E-state index < -0.39 is 24.2 Å². The summed E-state index contributed by atoms with van der Waals surface area (Å²) in [5, 5.41) is 0.965. The average Bonchev–Trinajstić information content (AvgIpc) is 2.66. The summed E-state index contributed by atoms with van der Waals surface area (Å²) in [5.74, 6) is 0. The summed E-state index contributed by atoms with van der Waals surface area (Å²) in [4.78, 5) is 4.11. The molecule has 0 unspecified atom stereocenters. The minimum atomic E-state index is -1.43. The van der Waals surface area contributed by atoms with Crippen LogP contribution < -0.4 is 0 Å². The van der Waals surface area contributed by atoms with Crippen LogP contribution in [0.2, 0.25) is 49.4 Å². The molecule has 0 aromatic rings. The van der Waals surface area contributed by atoms with Crippen LogP contribution >= 0.6 is 0 Å². The Morgan fingerprint density at radius 1 is 0.579 bits per heavy atom. The van der Waals surface area contributed by atoms with Gasteiger partial charge in [-0.1, -0.05) is 90.5 Å². The van der Waals surface area contributed by atoms with Gasteiger partial charge in [-0.05, 0) is 10.1 Å². The minimum absolute atomic E-state index is 0.483. The molecular weight excluding hydrogens is 276 g/mol. The van der Waals surface area contributed by atoms with E-state index in [1.165, 1.54) is 0 Å². The lowest BCUT2D eigenvalue weighted by atomic mass is 10.2. The van der Waals surface area contributed by atoms with E-state index >= 15 is 0 Å². The molecule has 0 N–H and O–H groups in total. The van der Waals surface area contributed by atoms with Gasteiger partial charge in [-0.3, -0.25) is 0 Å². The Morgan fingerprint density at radius 3 is 0.842 bits per heavy atom. The summed E-state index contributed by atoms with van der Waals surface area (Å²) >= 11 is 0. The van der Waals surface area contributed by atoms with Gasteiger partial charge in [-0.25, -0.2) is 0 Å². The van der Waals surface area contributed by atoms with Crippen molar-refractivity contribution in [1.82, 2.24) is 0 Å². The Balaban J connectivity index is 3.58. The van der Waals surface area contributed by atoms with Crippen LogP contribution in [0.3, 0.4) is 0 Å². The van der Waals surface area contributed by atoms with Gasteiger partial charge >= 0.3 is 0 Å². The second-order valence-corrected chi connectivity index (χ2v) is 27.0. The smallest absolute Gasteiger partial charge is 0.0936 e. The van der Waals surface area contributed by atoms with Gasteiger partial charge in [0.1, 0.15) is 8.07 Å². The van der Waals surface area contributed by atoms with E-state index in [0.29, 0.717) is 10.1 Å². The van der Waals surface area contributed by atoms with E-state index in [9.17, 15) is 0 Å². The first-order valence-electron chi connectivity index (χ1n) is 7.75. The molecule has 19 heavy (non-hydrogen) atoms. The van der Waals surface area contributed by atoms with Crippen LogP contribution in [0.1, 0.15) is 41.5 Å². The molecule has 0 nitrogen and oxygen atoms in total. The van der Waals surface area contributed by atoms with Crippen molar-refractivity contribution in [2.75, 3.05) is 0 Å². The molecule has 1 rings (SSSR count). The van der Waals surface area contributed by atoms with Crippen molar-refractivity contribution < 1.29 is 0 Å². The van der Waals surface area contributed by atoms with Gasteiger partial charge in [0, 0.05) is 0 Å². The molecule has 1 heterocycles. The fraction of sp³-hybridized carbons (Fsp3) is 0.875. The van der Waals surface area contributed by atoms with Gasteiger partial charge in [-0.15, -0.1) is 0 Å². The highest BCUT2D eigenvalue weighted by molar-refractivity contribution is 7.30. The zero-order chi connectivity index (χ0) is 15.7. The molecule has 0 aromatic carbocycles. The van der Waals surface area contributed by atoms with Gasteiger partial charge in [0.05, 0.1) is 16.1 Å². The van der Waals surface area contributed by atoms with E-state index in [4.69, 9.17) is 0 Å². The summed E-state index contributed by atoms with van der Waals surface area (Å²) in [6.07, 6.45) is 0. The second kappa shape index (κ2) is 4.20. The summed E-state index contributed by atoms with van der Waals surface area (Å²) in [7, 11) is -3.78. The van der Waals surface area contributed by atoms with Gasteiger partial charge in [0.15, 0.2) is 0 Å². The molecule has 0 aromatic heterocycles. The van der Waals surface area contributed by atoms with Crippen LogP contribution in [0.15, 0.2) is 9.64 Å². The molecule has 0 saturated heterocycles. The lowest BCUT2D eigenvalue weighted by Gasteiger charge is -2.46. The summed E-state index contributed by atoms with van der Waals surface area (Å²) in [6.45, 7) is 30.6. The fourth-order valence-corrected chi connectivity index (χ4v) is 32.3. The van der Waals surface area contributed by atoms with Crippen LogP contribution in [0.5, 0.6) is 0 Å². The maximum atomic E-state index is 2.58. The maximum Gasteiger partial charge on any atom is 0.110 e. The molecule has 0 atom stereocenters. The monoisotopic (exact) mass is 312 g/mol. The topological polar surface area (TPSA) is 0 Å². The molecule has 0 amide bonds. The Labute approximate surface area is 125 Å². The van der Waals surface area contributed by atoms with E-state index in [0.717, 1.165) is 0 Å². The van der Waals surface area contributed by atoms with Crippen molar-refractivity contribution in [3.8, 4) is 0 Å². The highest BCUT2D eigenvalue weighted by Crippen LogP contribution is 2.70. The highest BCUT2D eigenvalue weighted by Gasteiger charge is 2.71. The molecule has 0 radical (unpaired) electrons. The van der Waals surface area contributed by atoms with Crippen LogP contribution in [0.4, 0.5) is 0 Å². The van der Waals surface area contributed by atoms with Crippen molar-refractivity contribution in [2.24, 2.45) is 0 Å². The SMILES string of the molecule is CC(C)(C)[Si]1(C(C)(C)C)C([Si](C)(C)C)=C1[Si](C)(C)C. The van der Waals surface area contributed by atoms with E-state index in [2.05, 4.69) is 90.5 Å². The molecule has 1 aliphatic rings. The predicted molar refractivity (Wildman–Crippen MR) is 98.9 cm³/mol. The quantitative estimate of drug-likeness (QED) is 0.534. The third-order valence-electron chi connectivity index (χ3n) is 4.69. The van der Waals surface area contributed by atoms with Crippen molar-refractivity contribution in [3.05, 3.63) is 9.64 Å². The summed E-state index contributed by atoms with van der Waals surface area (Å²) in [6, 6.07) is 0. The lowest BCUT2D eigenvalue weighted by Crippen LogP contribution is -2.49. The average molecular weight is 313 g/mol. The van der Waals surface area contributed by atoms with Crippen molar-refractivity contribution >= 4 is 24.2 Å². The fourth-order valence-electron chi connectivity index (χ4n) is 4.78. The minimum Gasteiger partial charge on any atom is -0.0936 e. The Morgan fingerprint density at radius 2 is 0.789 bits per heavy atom. The number of hydrogen-bond acceptors (Lipinski definition) is 0. The predicted octanol–water partition coefficient (Wildman–Crippen LogP) is 6.18. The third kappa shape index (κ3) is 2.51. The first kappa shape index (κ1) is 17.4. The third-order valence-corrected chi connectivity index (χ3v) is 21.9.